The number of aromatic hydroxyl groups is 1. The van der Waals surface area contributed by atoms with Crippen molar-refractivity contribution in [3.05, 3.63) is 365 Å². The van der Waals surface area contributed by atoms with Crippen LogP contribution >= 0.6 is 44.7 Å². The molecule has 0 aliphatic carbocycles. The van der Waals surface area contributed by atoms with E-state index in [1.807, 2.05) is 170 Å². The number of non-ortho nitro benzene ring substituents is 6. The molecule has 26 nitrogen and oxygen atoms in total. The maximum atomic E-state index is 11.2. The van der Waals surface area contributed by atoms with E-state index in [0.717, 1.165) is 51.1 Å². The normalized spacial score (nSPS) is 9.61. The molecule has 0 spiro atoms. The number of ether oxygens (including phenoxy) is 2. The Balaban J connectivity index is 0.000000252. The van der Waals surface area contributed by atoms with Gasteiger partial charge in [0, 0.05) is 57.1 Å². The Morgan fingerprint density at radius 2 is 0.720 bits per heavy atom. The van der Waals surface area contributed by atoms with Crippen LogP contribution in [0.5, 0.6) is 17.2 Å². The summed E-state index contributed by atoms with van der Waals surface area (Å²) in [5.41, 5.74) is 12.3. The number of halogens is 2. The van der Waals surface area contributed by atoms with E-state index >= 15 is 0 Å². The molecule has 509 valence electrons. The summed E-state index contributed by atoms with van der Waals surface area (Å²) in [5, 5.41) is 97.8. The van der Waals surface area contributed by atoms with Crippen molar-refractivity contribution < 1.29 is 59.3 Å². The SMILES string of the molecule is Nc1cc(O)cc(-c2ccccc2)c1.O=[N+]([O-])c1cc(Br)cc(OCc2ccccc2)c1.O=[N+]([O-])c1cc(Br)cc([N+](=O)[O-])c1.O=[N+]([O-])c1cc(OCc2ccccc2)cc(-c2ccccc2)c1.O=[N+]([O-])c1cccc([N+](=O)[O-])c1.OB(O)c1ccccc1.OCc1ccccc1.[B]=NS. The molecule has 100 heavy (non-hydrogen) atoms. The maximum absolute atomic E-state index is 11.2. The van der Waals surface area contributed by atoms with E-state index < -0.39 is 36.7 Å². The Bertz CT molecular complexity index is 4330. The zero-order chi connectivity index (χ0) is 73.4. The zero-order valence-corrected chi connectivity index (χ0v) is 56.3. The second-order valence-electron chi connectivity index (χ2n) is 19.7. The van der Waals surface area contributed by atoms with E-state index in [1.165, 1.54) is 54.6 Å². The molecule has 0 saturated carbocycles. The van der Waals surface area contributed by atoms with Crippen LogP contribution in [0.25, 0.3) is 22.3 Å². The predicted octanol–water partition coefficient (Wildman–Crippen LogP) is 15.9. The molecule has 11 aromatic rings. The number of nitro benzene ring substituents is 6. The van der Waals surface area contributed by atoms with Crippen molar-refractivity contribution in [3.8, 4) is 39.5 Å². The van der Waals surface area contributed by atoms with E-state index in [1.54, 1.807) is 42.5 Å². The molecule has 0 bridgehead atoms. The topological polar surface area (TPSA) is 397 Å². The van der Waals surface area contributed by atoms with Crippen molar-refractivity contribution in [2.24, 2.45) is 4.30 Å². The van der Waals surface area contributed by atoms with Crippen molar-refractivity contribution >= 4 is 105 Å². The Hall–Kier alpha value is -11.9. The van der Waals surface area contributed by atoms with Gasteiger partial charge in [0.1, 0.15) is 30.5 Å². The number of nitrogens with zero attached hydrogens (tertiary/aromatic N) is 7. The monoisotopic (exact) mass is 1500 g/mol. The number of nitro groups is 6. The second kappa shape index (κ2) is 44.1. The van der Waals surface area contributed by atoms with Gasteiger partial charge in [0.25, 0.3) is 34.1 Å². The summed E-state index contributed by atoms with van der Waals surface area (Å²) in [7, 11) is 2.99. The second-order valence-corrected chi connectivity index (χ2v) is 21.8. The van der Waals surface area contributed by atoms with Gasteiger partial charge < -0.3 is 35.5 Å². The molecule has 6 N–H and O–H groups in total. The first-order valence-corrected chi connectivity index (χ1v) is 30.7. The molecule has 31 heteroatoms. The van der Waals surface area contributed by atoms with E-state index in [4.69, 9.17) is 30.4 Å². The van der Waals surface area contributed by atoms with Gasteiger partial charge in [-0.2, -0.15) is 0 Å². The van der Waals surface area contributed by atoms with Crippen LogP contribution in [0.1, 0.15) is 16.7 Å². The summed E-state index contributed by atoms with van der Waals surface area (Å²) in [6.07, 6.45) is 0. The van der Waals surface area contributed by atoms with E-state index in [2.05, 4.69) is 56.6 Å². The van der Waals surface area contributed by atoms with Crippen LogP contribution in [0.15, 0.2) is 292 Å². The van der Waals surface area contributed by atoms with Crippen molar-refractivity contribution in [2.75, 3.05) is 5.73 Å². The molecule has 0 heterocycles. The van der Waals surface area contributed by atoms with Crippen LogP contribution in [-0.4, -0.2) is 64.6 Å². The summed E-state index contributed by atoms with van der Waals surface area (Å²) in [4.78, 5) is 59.2. The number of aliphatic hydroxyl groups excluding tert-OH is 1. The number of hydrogen-bond acceptors (Lipinski definition) is 21. The molecule has 0 atom stereocenters. The van der Waals surface area contributed by atoms with Gasteiger partial charge in [-0.25, -0.2) is 0 Å². The number of rotatable bonds is 16. The Labute approximate surface area is 595 Å². The van der Waals surface area contributed by atoms with Crippen LogP contribution in [0.3, 0.4) is 0 Å². The van der Waals surface area contributed by atoms with Gasteiger partial charge in [0.15, 0.2) is 0 Å². The zero-order valence-electron chi connectivity index (χ0n) is 52.2. The molecular formula is C69H59B2Br2N8O18S. The molecule has 11 rings (SSSR count). The van der Waals surface area contributed by atoms with Gasteiger partial charge in [0.2, 0.25) is 0 Å². The van der Waals surface area contributed by atoms with Gasteiger partial charge in [-0.1, -0.05) is 214 Å². The van der Waals surface area contributed by atoms with Crippen LogP contribution in [-0.2, 0) is 19.8 Å². The first-order chi connectivity index (χ1) is 47.9. The van der Waals surface area contributed by atoms with E-state index in [9.17, 15) is 65.8 Å². The Kier molecular flexibility index (Phi) is 35.5. The minimum atomic E-state index is -1.34. The molecule has 0 fully saturated rings. The molecule has 0 aliphatic heterocycles. The van der Waals surface area contributed by atoms with Crippen LogP contribution in [0.4, 0.5) is 39.8 Å². The summed E-state index contributed by atoms with van der Waals surface area (Å²) >= 11 is 9.36. The Morgan fingerprint density at radius 3 is 1.07 bits per heavy atom. The van der Waals surface area contributed by atoms with Gasteiger partial charge in [-0.3, -0.25) is 60.7 Å². The van der Waals surface area contributed by atoms with Crippen LogP contribution < -0.4 is 20.7 Å². The number of nitrogen functional groups attached to an aromatic ring is 1. The first-order valence-electron chi connectivity index (χ1n) is 28.8. The molecule has 0 saturated heterocycles. The number of anilines is 1. The molecule has 0 aliphatic rings. The summed E-state index contributed by atoms with van der Waals surface area (Å²) in [6.45, 7) is 0.894. The third kappa shape index (κ3) is 30.9. The van der Waals surface area contributed by atoms with Crippen molar-refractivity contribution in [2.45, 2.75) is 19.8 Å². The number of thiol groups is 1. The average molecular weight is 1500 g/mol. The van der Waals surface area contributed by atoms with E-state index in [-0.39, 0.29) is 46.5 Å². The van der Waals surface area contributed by atoms with Crippen molar-refractivity contribution in [1.82, 2.24) is 0 Å². The molecule has 0 amide bonds. The fraction of sp³-hybridized carbons (Fsp3) is 0.0435. The third-order valence-electron chi connectivity index (χ3n) is 12.5. The van der Waals surface area contributed by atoms with Crippen LogP contribution in [0.2, 0.25) is 0 Å². The van der Waals surface area contributed by atoms with E-state index in [0.29, 0.717) is 44.8 Å². The van der Waals surface area contributed by atoms with Gasteiger partial charge in [0.05, 0.1) is 60.4 Å². The standard InChI is InChI=1S/C19H15NO3.C13H10BrNO3.C12H11NO.C7H8O.C6H7BO2.C6H3BrN2O4.C6H4N2O4.BHNS/c21-20(22)18-11-17(16-9-5-2-6-10-16)12-19(13-18)23-14-15-7-3-1-4-8-15;14-11-6-12(15(16)17)8-13(7-11)18-9-10-4-2-1-3-5-10;13-11-6-10(7-12(14)8-11)9-4-2-1-3-5-9;8-6-7-4-2-1-3-5-7;8-7(9)6-4-2-1-3-5-6;7-4-1-5(8(10)11)3-6(2-4)9(12)13;9-7(10)5-2-1-3-6(4-5)8(11)12;1-2-3/h1-13H,14H2;1-8H,9H2;1-8,14H,13H2;1-5,8H,6H2;1-5,8-9H;1-3H;1-4H;3H. The fourth-order valence-electron chi connectivity index (χ4n) is 7.92. The number of phenolic OH excluding ortho intramolecular Hbond substituents is 1. The van der Waals surface area contributed by atoms with Gasteiger partial charge >= 0.3 is 31.9 Å². The van der Waals surface area contributed by atoms with Crippen molar-refractivity contribution in [1.29, 1.82) is 0 Å². The van der Waals surface area contributed by atoms with Gasteiger partial charge in [-0.15, -0.1) is 0 Å². The Morgan fingerprint density at radius 1 is 0.400 bits per heavy atom. The van der Waals surface area contributed by atoms with Gasteiger partial charge in [-0.05, 0) is 74.7 Å². The van der Waals surface area contributed by atoms with Crippen LogP contribution in [0, 0.1) is 60.7 Å². The number of phenols is 1. The average Bonchev–Trinajstić information content (AvgIpc) is 0.898. The summed E-state index contributed by atoms with van der Waals surface area (Å²) in [6, 6.07) is 79.3. The summed E-state index contributed by atoms with van der Waals surface area (Å²) < 4.78 is 14.9. The fourth-order valence-corrected chi connectivity index (χ4v) is 8.85. The summed E-state index contributed by atoms with van der Waals surface area (Å²) in [5.74, 6) is 1.16. The molecule has 0 unspecified atom stereocenters. The molecule has 0 aromatic heterocycles. The molecular weight excluding hydrogens is 1440 g/mol. The predicted molar refractivity (Wildman–Crippen MR) is 392 cm³/mol. The number of benzene rings is 11. The molecule has 1 radical (unpaired) electrons. The quantitative estimate of drug-likeness (QED) is 0.0172. The molecule has 11 aromatic carbocycles. The number of nitrogens with two attached hydrogens (primary N) is 1. The third-order valence-corrected chi connectivity index (χ3v) is 13.4. The minimum absolute atomic E-state index is 0.00689. The first kappa shape index (κ1) is 80.6. The van der Waals surface area contributed by atoms with Crippen molar-refractivity contribution in [3.63, 3.8) is 0 Å². The number of aliphatic hydroxyl groups is 1. The number of hydrogen-bond donors (Lipinski definition) is 6.